The fourth-order valence-corrected chi connectivity index (χ4v) is 2.50. The van der Waals surface area contributed by atoms with E-state index in [1.807, 2.05) is 54.0 Å². The van der Waals surface area contributed by atoms with Gasteiger partial charge < -0.3 is 32.4 Å². The van der Waals surface area contributed by atoms with Gasteiger partial charge in [-0.1, -0.05) is 91.3 Å². The van der Waals surface area contributed by atoms with Crippen LogP contribution in [0, 0.1) is 5.41 Å². The Kier molecular flexibility index (Phi) is 38.3. The van der Waals surface area contributed by atoms with Gasteiger partial charge in [0.2, 0.25) is 5.91 Å². The van der Waals surface area contributed by atoms with Crippen LogP contribution in [-0.2, 0) is 4.79 Å². The molecule has 2 atom stereocenters. The lowest BCUT2D eigenvalue weighted by molar-refractivity contribution is -0.873. The Morgan fingerprint density at radius 2 is 1.36 bits per heavy atom. The molecule has 0 saturated carbocycles. The van der Waals surface area contributed by atoms with Crippen LogP contribution in [0.2, 0.25) is 0 Å². The van der Waals surface area contributed by atoms with E-state index in [1.165, 1.54) is 5.56 Å². The van der Waals surface area contributed by atoms with E-state index in [4.69, 9.17) is 5.11 Å². The number of hydrogen-bond donors (Lipinski definition) is 3. The van der Waals surface area contributed by atoms with Gasteiger partial charge in [-0.05, 0) is 36.5 Å². The van der Waals surface area contributed by atoms with Crippen molar-refractivity contribution >= 4 is 11.9 Å². The normalized spacial score (nSPS) is 11.0. The van der Waals surface area contributed by atoms with Crippen molar-refractivity contribution < 1.29 is 36.7 Å². The minimum atomic E-state index is -0.865. The summed E-state index contributed by atoms with van der Waals surface area (Å²) in [5.74, 6) is -0.353. The van der Waals surface area contributed by atoms with Crippen molar-refractivity contribution in [3.63, 3.8) is 0 Å². The van der Waals surface area contributed by atoms with E-state index in [9.17, 15) is 14.7 Å². The van der Waals surface area contributed by atoms with Crippen LogP contribution in [-0.4, -0.2) is 66.9 Å². The number of aliphatic hydroxyl groups excluding tert-OH is 1. The van der Waals surface area contributed by atoms with E-state index in [1.54, 1.807) is 12.1 Å². The maximum Gasteiger partial charge on any atom is 0.335 e. The molecule has 0 radical (unpaired) electrons. The van der Waals surface area contributed by atoms with Crippen molar-refractivity contribution in [1.29, 1.82) is 0 Å². The number of nitrogens with zero attached hydrogens (tertiary/aromatic N) is 1. The van der Waals surface area contributed by atoms with Gasteiger partial charge in [0.1, 0.15) is 12.6 Å². The van der Waals surface area contributed by atoms with E-state index in [2.05, 4.69) is 19.2 Å². The minimum Gasteiger partial charge on any atom is -1.00 e. The van der Waals surface area contributed by atoms with Gasteiger partial charge in [0.05, 0.1) is 26.7 Å². The van der Waals surface area contributed by atoms with Crippen LogP contribution in [0.5, 0.6) is 0 Å². The van der Waals surface area contributed by atoms with Gasteiger partial charge in [-0.3, -0.25) is 4.79 Å². The van der Waals surface area contributed by atoms with Gasteiger partial charge in [0.25, 0.3) is 0 Å². The van der Waals surface area contributed by atoms with Gasteiger partial charge >= 0.3 is 5.97 Å². The first kappa shape index (κ1) is 55.0. The van der Waals surface area contributed by atoms with Crippen LogP contribution >= 0.6 is 0 Å². The number of halogens is 1. The third-order valence-corrected chi connectivity index (χ3v) is 5.09. The molecule has 1 aromatic carbocycles. The summed E-state index contributed by atoms with van der Waals surface area (Å²) in [6.45, 7) is 11.0. The first-order chi connectivity index (χ1) is 13.2. The van der Waals surface area contributed by atoms with Crippen molar-refractivity contribution in [2.75, 3.05) is 34.2 Å². The first-order valence-corrected chi connectivity index (χ1v) is 10.3. The molecule has 0 aliphatic rings. The molecule has 0 bridgehead atoms. The summed E-state index contributed by atoms with van der Waals surface area (Å²) in [6, 6.07) is 7.09. The Balaban J connectivity index is -0.0000000614. The number of carboxylic acids is 1. The fourth-order valence-electron chi connectivity index (χ4n) is 2.50. The molecule has 0 aliphatic carbocycles. The Morgan fingerprint density at radius 3 is 1.67 bits per heavy atom. The molecule has 0 fully saturated rings. The van der Waals surface area contributed by atoms with E-state index in [0.29, 0.717) is 29.1 Å². The first-order valence-electron chi connectivity index (χ1n) is 10.3. The molecule has 7 heteroatoms. The maximum atomic E-state index is 11.7. The topological polar surface area (TPSA) is 86.6 Å². The summed E-state index contributed by atoms with van der Waals surface area (Å²) < 4.78 is 0.689. The van der Waals surface area contributed by atoms with Gasteiger partial charge in [-0.15, -0.1) is 0 Å². The van der Waals surface area contributed by atoms with E-state index < -0.39 is 12.1 Å². The molecule has 6 nitrogen and oxygen atoms in total. The second-order valence-electron chi connectivity index (χ2n) is 9.31. The third kappa shape index (κ3) is 22.8. The van der Waals surface area contributed by atoms with Gasteiger partial charge in [0, 0.05) is 12.0 Å². The van der Waals surface area contributed by atoms with Crippen molar-refractivity contribution in [3.05, 3.63) is 35.4 Å². The zero-order valence-corrected chi connectivity index (χ0v) is 20.6. The third-order valence-electron chi connectivity index (χ3n) is 5.09. The Hall–Kier alpha value is -1.63. The van der Waals surface area contributed by atoms with E-state index in [0.717, 1.165) is 12.8 Å². The number of aromatic carboxylic acids is 1. The van der Waals surface area contributed by atoms with Crippen LogP contribution in [0.1, 0.15) is 114 Å². The summed E-state index contributed by atoms with van der Waals surface area (Å²) in [7, 11) is 6.04. The number of amides is 1. The number of benzene rings is 1. The number of carbonyl (C=O) groups excluding carboxylic acids is 1. The molecule has 222 valence electrons. The molecular weight excluding hydrogens is 476 g/mol. The lowest BCUT2D eigenvalue weighted by Gasteiger charge is -2.28. The van der Waals surface area contributed by atoms with Crippen molar-refractivity contribution in [1.82, 2.24) is 5.32 Å². The molecule has 0 spiro atoms. The molecule has 0 aromatic heterocycles. The number of carboxylic acid groups (broad SMARTS) is 1. The number of rotatable bonds is 9. The SMILES string of the molecule is C.C.C.C.C.C.CCC(C)(C)C(=O)NCC(O)C[N+](C)(C)C.CCC(C)c1ccc(C(=O)O)cc1.[Cl-]. The van der Waals surface area contributed by atoms with Crippen LogP contribution < -0.4 is 17.7 Å². The van der Waals surface area contributed by atoms with Crippen LogP contribution in [0.25, 0.3) is 0 Å². The molecule has 0 aliphatic heterocycles. The molecule has 0 saturated heterocycles. The molecular formula is C29H65ClN2O4. The lowest BCUT2D eigenvalue weighted by Crippen LogP contribution is -3.00. The quantitative estimate of drug-likeness (QED) is 0.407. The molecule has 36 heavy (non-hydrogen) atoms. The smallest absolute Gasteiger partial charge is 0.335 e. The average Bonchev–Trinajstić information content (AvgIpc) is 2.64. The maximum absolute atomic E-state index is 11.7. The highest BCUT2D eigenvalue weighted by molar-refractivity contribution is 5.87. The lowest BCUT2D eigenvalue weighted by atomic mass is 9.89. The van der Waals surface area contributed by atoms with Gasteiger partial charge in [-0.2, -0.15) is 0 Å². The van der Waals surface area contributed by atoms with Crippen LogP contribution in [0.3, 0.4) is 0 Å². The molecule has 0 heterocycles. The second kappa shape index (κ2) is 25.0. The predicted molar refractivity (Wildman–Crippen MR) is 158 cm³/mol. The zero-order valence-electron chi connectivity index (χ0n) is 19.8. The number of carbonyl (C=O) groups is 2. The summed E-state index contributed by atoms with van der Waals surface area (Å²) >= 11 is 0. The monoisotopic (exact) mass is 540 g/mol. The number of hydrogen-bond acceptors (Lipinski definition) is 3. The molecule has 2 unspecified atom stereocenters. The standard InChI is InChI=1S/C12H26N2O2.C11H14O2.6CH4.ClH/c1-7-12(2,3)11(16)13-8-10(15)9-14(4,5)6;1-3-8(2)9-4-6-10(7-5-9)11(12)13;;;;;;;/h10,15H,7-9H2,1-6H3;4-8H,3H2,1-2H3,(H,12,13);6*1H4;1H. The van der Waals surface area contributed by atoms with Crippen molar-refractivity contribution in [2.45, 2.75) is 104 Å². The van der Waals surface area contributed by atoms with E-state index in [-0.39, 0.29) is 68.3 Å². The van der Waals surface area contributed by atoms with Crippen LogP contribution in [0.15, 0.2) is 24.3 Å². The van der Waals surface area contributed by atoms with Crippen molar-refractivity contribution in [2.24, 2.45) is 5.41 Å². The fraction of sp³-hybridized carbons (Fsp3) is 0.724. The van der Waals surface area contributed by atoms with Gasteiger partial charge in [-0.25, -0.2) is 4.79 Å². The Bertz CT molecular complexity index is 642. The summed E-state index contributed by atoms with van der Waals surface area (Å²) in [5.41, 5.74) is 1.20. The largest absolute Gasteiger partial charge is 1.00 e. The Labute approximate surface area is 232 Å². The number of likely N-dealkylation sites (N-methyl/N-ethyl adjacent to an activating group) is 1. The second-order valence-corrected chi connectivity index (χ2v) is 9.31. The summed E-state index contributed by atoms with van der Waals surface area (Å²) in [4.78, 5) is 22.3. The van der Waals surface area contributed by atoms with E-state index >= 15 is 0 Å². The van der Waals surface area contributed by atoms with Gasteiger partial charge in [0.15, 0.2) is 0 Å². The minimum absolute atomic E-state index is 0. The zero-order chi connectivity index (χ0) is 22.8. The molecule has 1 rings (SSSR count). The number of nitrogens with one attached hydrogen (secondary N) is 1. The number of aliphatic hydroxyl groups is 1. The highest BCUT2D eigenvalue weighted by atomic mass is 35.5. The predicted octanol–water partition coefficient (Wildman–Crippen LogP) is 4.32. The summed E-state index contributed by atoms with van der Waals surface area (Å²) in [6.07, 6.45) is 1.38. The Morgan fingerprint density at radius 1 is 0.944 bits per heavy atom. The molecule has 1 amide bonds. The summed E-state index contributed by atoms with van der Waals surface area (Å²) in [5, 5.41) is 21.2. The average molecular weight is 541 g/mol. The highest BCUT2D eigenvalue weighted by Crippen LogP contribution is 2.19. The molecule has 3 N–H and O–H groups in total. The van der Waals surface area contributed by atoms with Crippen molar-refractivity contribution in [3.8, 4) is 0 Å². The highest BCUT2D eigenvalue weighted by Gasteiger charge is 2.26. The number of quaternary nitrogens is 1. The molecule has 1 aromatic rings. The van der Waals surface area contributed by atoms with Crippen LogP contribution in [0.4, 0.5) is 0 Å².